The lowest BCUT2D eigenvalue weighted by Crippen LogP contribution is -2.42. The molecule has 0 aromatic rings. The van der Waals surface area contributed by atoms with Crippen LogP contribution in [-0.4, -0.2) is 69.7 Å². The molecule has 0 aromatic heterocycles. The highest BCUT2D eigenvalue weighted by molar-refractivity contribution is 5.77. The van der Waals surface area contributed by atoms with Crippen LogP contribution in [0.5, 0.6) is 0 Å². The molecule has 0 spiro atoms. The lowest BCUT2D eigenvalue weighted by molar-refractivity contribution is -0.125. The fraction of sp³-hybridized carbons (Fsp3) is 0.941. The molecule has 7 heteroatoms. The predicted octanol–water partition coefficient (Wildman–Crippen LogP) is 0.459. The van der Waals surface area contributed by atoms with Crippen LogP contribution >= 0.6 is 0 Å². The third-order valence-electron chi connectivity index (χ3n) is 2.87. The third-order valence-corrected chi connectivity index (χ3v) is 2.87. The Morgan fingerprint density at radius 1 is 0.792 bits per heavy atom. The SMILES string of the molecule is CC(C)(C)NCCOCC(=O)NCCOCCNCNC(C)(C)C. The van der Waals surface area contributed by atoms with E-state index in [4.69, 9.17) is 9.47 Å². The quantitative estimate of drug-likeness (QED) is 0.286. The minimum atomic E-state index is -0.109. The van der Waals surface area contributed by atoms with Gasteiger partial charge in [0.15, 0.2) is 0 Å². The van der Waals surface area contributed by atoms with Crippen molar-refractivity contribution in [1.82, 2.24) is 21.3 Å². The molecule has 1 amide bonds. The molecule has 0 rings (SSSR count). The molecule has 144 valence electrons. The molecule has 7 nitrogen and oxygen atoms in total. The highest BCUT2D eigenvalue weighted by Crippen LogP contribution is 1.96. The van der Waals surface area contributed by atoms with Crippen molar-refractivity contribution in [2.75, 3.05) is 52.7 Å². The molecule has 0 aliphatic carbocycles. The molecule has 0 saturated carbocycles. The van der Waals surface area contributed by atoms with Gasteiger partial charge in [-0.1, -0.05) is 0 Å². The molecule has 0 unspecified atom stereocenters. The topological polar surface area (TPSA) is 83.7 Å². The maximum atomic E-state index is 11.5. The molecule has 0 aliphatic rings. The molecule has 0 aliphatic heterocycles. The highest BCUT2D eigenvalue weighted by atomic mass is 16.5. The third kappa shape index (κ3) is 19.3. The number of ether oxygens (including phenoxy) is 2. The fourth-order valence-corrected chi connectivity index (χ4v) is 1.64. The molecular formula is C17H38N4O3. The van der Waals surface area contributed by atoms with Gasteiger partial charge >= 0.3 is 0 Å². The number of carbonyl (C=O) groups excluding carboxylic acids is 1. The molecule has 0 heterocycles. The zero-order valence-corrected chi connectivity index (χ0v) is 16.4. The first-order chi connectivity index (χ1) is 11.1. The summed E-state index contributed by atoms with van der Waals surface area (Å²) in [6.07, 6.45) is 0. The average molecular weight is 347 g/mol. The maximum Gasteiger partial charge on any atom is 0.246 e. The number of amides is 1. The van der Waals surface area contributed by atoms with Gasteiger partial charge in [0.1, 0.15) is 6.61 Å². The van der Waals surface area contributed by atoms with Gasteiger partial charge in [0.05, 0.1) is 19.8 Å². The van der Waals surface area contributed by atoms with Crippen LogP contribution in [0.25, 0.3) is 0 Å². The van der Waals surface area contributed by atoms with Crippen LogP contribution in [0, 0.1) is 0 Å². The summed E-state index contributed by atoms with van der Waals surface area (Å²) in [6.45, 7) is 17.2. The van der Waals surface area contributed by atoms with E-state index >= 15 is 0 Å². The van der Waals surface area contributed by atoms with Gasteiger partial charge in [-0.25, -0.2) is 0 Å². The van der Waals surface area contributed by atoms with E-state index in [2.05, 4.69) is 62.8 Å². The number of carbonyl (C=O) groups is 1. The number of hydrogen-bond donors (Lipinski definition) is 4. The van der Waals surface area contributed by atoms with Gasteiger partial charge in [0.25, 0.3) is 0 Å². The summed E-state index contributed by atoms with van der Waals surface area (Å²) < 4.78 is 10.7. The van der Waals surface area contributed by atoms with E-state index in [-0.39, 0.29) is 23.6 Å². The van der Waals surface area contributed by atoms with Crippen LogP contribution in [0.1, 0.15) is 41.5 Å². The molecule has 0 atom stereocenters. The highest BCUT2D eigenvalue weighted by Gasteiger charge is 2.08. The first-order valence-corrected chi connectivity index (χ1v) is 8.73. The molecule has 0 bridgehead atoms. The Hall–Kier alpha value is -0.730. The molecule has 0 fully saturated rings. The number of rotatable bonds is 13. The van der Waals surface area contributed by atoms with Gasteiger partial charge < -0.3 is 25.4 Å². The van der Waals surface area contributed by atoms with Crippen molar-refractivity contribution in [3.05, 3.63) is 0 Å². The van der Waals surface area contributed by atoms with Crippen LogP contribution in [0.15, 0.2) is 0 Å². The fourth-order valence-electron chi connectivity index (χ4n) is 1.64. The van der Waals surface area contributed by atoms with Crippen molar-refractivity contribution < 1.29 is 14.3 Å². The normalized spacial score (nSPS) is 12.4. The Balaban J connectivity index is 3.29. The van der Waals surface area contributed by atoms with Crippen molar-refractivity contribution >= 4 is 5.91 Å². The minimum absolute atomic E-state index is 0.0701. The molecular weight excluding hydrogens is 308 g/mol. The Kier molecular flexibility index (Phi) is 12.2. The summed E-state index contributed by atoms with van der Waals surface area (Å²) in [7, 11) is 0. The van der Waals surface area contributed by atoms with Gasteiger partial charge in [-0.3, -0.25) is 10.1 Å². The first kappa shape index (κ1) is 23.3. The number of hydrogen-bond acceptors (Lipinski definition) is 6. The second-order valence-corrected chi connectivity index (χ2v) is 7.80. The Labute approximate surface area is 147 Å². The van der Waals surface area contributed by atoms with E-state index in [0.717, 1.165) is 19.8 Å². The van der Waals surface area contributed by atoms with Gasteiger partial charge in [-0.15, -0.1) is 0 Å². The molecule has 0 radical (unpaired) electrons. The van der Waals surface area contributed by atoms with Crippen molar-refractivity contribution in [1.29, 1.82) is 0 Å². The average Bonchev–Trinajstić information content (AvgIpc) is 2.42. The summed E-state index contributed by atoms with van der Waals surface area (Å²) >= 11 is 0. The standard InChI is InChI=1S/C17H38N4O3/c1-16(2,3)20-9-12-24-13-15(22)19-8-11-23-10-7-18-14-21-17(4,5)6/h18,20-21H,7-14H2,1-6H3,(H,19,22). The summed E-state index contributed by atoms with van der Waals surface area (Å²) in [4.78, 5) is 11.5. The molecule has 4 N–H and O–H groups in total. The summed E-state index contributed by atoms with van der Waals surface area (Å²) in [5.41, 5.74) is 0.184. The zero-order valence-electron chi connectivity index (χ0n) is 16.4. The van der Waals surface area contributed by atoms with Crippen molar-refractivity contribution in [2.45, 2.75) is 52.6 Å². The lowest BCUT2D eigenvalue weighted by Gasteiger charge is -2.20. The van der Waals surface area contributed by atoms with E-state index in [1.807, 2.05) is 0 Å². The van der Waals surface area contributed by atoms with Crippen molar-refractivity contribution in [2.24, 2.45) is 0 Å². The Morgan fingerprint density at radius 3 is 2.00 bits per heavy atom. The van der Waals surface area contributed by atoms with E-state index in [0.29, 0.717) is 26.4 Å². The first-order valence-electron chi connectivity index (χ1n) is 8.73. The molecule has 0 aromatic carbocycles. The largest absolute Gasteiger partial charge is 0.378 e. The van der Waals surface area contributed by atoms with E-state index in [1.54, 1.807) is 0 Å². The number of nitrogens with one attached hydrogen (secondary N) is 4. The second-order valence-electron chi connectivity index (χ2n) is 7.80. The monoisotopic (exact) mass is 346 g/mol. The summed E-state index contributed by atoms with van der Waals surface area (Å²) in [5.74, 6) is -0.109. The second kappa shape index (κ2) is 12.6. The van der Waals surface area contributed by atoms with Gasteiger partial charge in [0, 0.05) is 37.4 Å². The van der Waals surface area contributed by atoms with Crippen LogP contribution in [0.2, 0.25) is 0 Å². The van der Waals surface area contributed by atoms with Gasteiger partial charge in [0.2, 0.25) is 5.91 Å². The van der Waals surface area contributed by atoms with Crippen LogP contribution in [0.4, 0.5) is 0 Å². The summed E-state index contributed by atoms with van der Waals surface area (Å²) in [6, 6.07) is 0. The Bertz CT molecular complexity index is 325. The minimum Gasteiger partial charge on any atom is -0.378 e. The van der Waals surface area contributed by atoms with E-state index in [1.165, 1.54) is 0 Å². The molecule has 24 heavy (non-hydrogen) atoms. The van der Waals surface area contributed by atoms with Crippen molar-refractivity contribution in [3.8, 4) is 0 Å². The lowest BCUT2D eigenvalue weighted by atomic mass is 10.1. The van der Waals surface area contributed by atoms with E-state index in [9.17, 15) is 4.79 Å². The maximum absolute atomic E-state index is 11.5. The van der Waals surface area contributed by atoms with Gasteiger partial charge in [-0.2, -0.15) is 0 Å². The molecule has 0 saturated heterocycles. The van der Waals surface area contributed by atoms with Crippen LogP contribution in [0.3, 0.4) is 0 Å². The summed E-state index contributed by atoms with van der Waals surface area (Å²) in [5, 5.41) is 12.6. The van der Waals surface area contributed by atoms with Crippen LogP contribution in [-0.2, 0) is 14.3 Å². The zero-order chi connectivity index (χ0) is 18.5. The van der Waals surface area contributed by atoms with Crippen molar-refractivity contribution in [3.63, 3.8) is 0 Å². The Morgan fingerprint density at radius 2 is 1.38 bits per heavy atom. The predicted molar refractivity (Wildman–Crippen MR) is 98.2 cm³/mol. The smallest absolute Gasteiger partial charge is 0.246 e. The van der Waals surface area contributed by atoms with E-state index < -0.39 is 0 Å². The van der Waals surface area contributed by atoms with Gasteiger partial charge in [-0.05, 0) is 41.5 Å². The van der Waals surface area contributed by atoms with Crippen LogP contribution < -0.4 is 21.3 Å².